The molecule has 3 aromatic carbocycles. The van der Waals surface area contributed by atoms with E-state index in [4.69, 9.17) is 13.6 Å². The fourth-order valence-corrected chi connectivity index (χ4v) is 13.6. The van der Waals surface area contributed by atoms with Crippen LogP contribution in [-0.2, 0) is 18.4 Å². The van der Waals surface area contributed by atoms with Crippen molar-refractivity contribution in [2.75, 3.05) is 13.2 Å². The number of amides is 1. The van der Waals surface area contributed by atoms with E-state index in [1.165, 1.54) is 15.9 Å². The third kappa shape index (κ3) is 6.33. The van der Waals surface area contributed by atoms with Crippen LogP contribution in [-0.4, -0.2) is 52.9 Å². The molecule has 0 radical (unpaired) electrons. The lowest BCUT2D eigenvalue weighted by Gasteiger charge is -2.44. The van der Waals surface area contributed by atoms with E-state index in [1.807, 2.05) is 6.07 Å². The van der Waals surface area contributed by atoms with E-state index in [1.54, 1.807) is 0 Å². The lowest BCUT2D eigenvalue weighted by Crippen LogP contribution is -2.67. The Kier molecular flexibility index (Phi) is 9.59. The van der Waals surface area contributed by atoms with Crippen molar-refractivity contribution >= 4 is 32.9 Å². The number of carbonyl (C=O) groups is 1. The van der Waals surface area contributed by atoms with Gasteiger partial charge in [-0.25, -0.2) is 0 Å². The standard InChI is InChI=1S/C41H55NO4Si2/c1-39(2,3)47(7,8)44-27-25-31-24-26-41(28-31)29-36-42(38(41)43)35(37(46-36)32-18-12-9-13-19-32)30-45-48(40(4,5)6,33-20-14-10-15-21-33)34-22-16-11-17-23-34/h9-24,35-37H,25-30H2,1-8H3/t35-,36?,37-,41+/m0/s1. The number of ether oxygens (including phenoxy) is 1. The molecule has 2 saturated heterocycles. The molecular weight excluding hydrogens is 627 g/mol. The van der Waals surface area contributed by atoms with Gasteiger partial charge in [-0.05, 0) is 58.4 Å². The van der Waals surface area contributed by atoms with Crippen molar-refractivity contribution in [2.45, 2.75) is 109 Å². The Balaban J connectivity index is 1.27. The van der Waals surface area contributed by atoms with Crippen molar-refractivity contribution in [1.29, 1.82) is 0 Å². The average Bonchev–Trinajstić information content (AvgIpc) is 3.70. The summed E-state index contributed by atoms with van der Waals surface area (Å²) in [5, 5.41) is 2.50. The molecule has 3 aliphatic rings. The molecule has 0 bridgehead atoms. The molecule has 4 atom stereocenters. The highest BCUT2D eigenvalue weighted by molar-refractivity contribution is 6.99. The molecule has 0 N–H and O–H groups in total. The number of carbonyl (C=O) groups excluding carboxylic acids is 1. The lowest BCUT2D eigenvalue weighted by molar-refractivity contribution is -0.138. The molecule has 0 aromatic heterocycles. The second-order valence-electron chi connectivity index (χ2n) is 16.8. The first-order valence-corrected chi connectivity index (χ1v) is 22.6. The second kappa shape index (κ2) is 13.1. The van der Waals surface area contributed by atoms with Crippen LogP contribution >= 0.6 is 0 Å². The summed E-state index contributed by atoms with van der Waals surface area (Å²) in [4.78, 5) is 16.8. The van der Waals surface area contributed by atoms with E-state index < -0.39 is 22.0 Å². The SMILES string of the molecule is CC(C)(C)[Si](C)(C)OCCC1=CC[C@@]2(C1)CC1O[C@@H](c3ccccc3)[C@H](CO[Si](c3ccccc3)(c3ccccc3)C(C)(C)C)N1C2=O. The molecule has 2 aliphatic heterocycles. The van der Waals surface area contributed by atoms with E-state index in [2.05, 4.69) is 151 Å². The third-order valence-electron chi connectivity index (χ3n) is 11.6. The Bertz CT molecular complexity index is 1560. The van der Waals surface area contributed by atoms with Crippen molar-refractivity contribution in [3.05, 3.63) is 108 Å². The van der Waals surface area contributed by atoms with Crippen LogP contribution in [0.15, 0.2) is 103 Å². The van der Waals surface area contributed by atoms with Crippen LogP contribution in [0.2, 0.25) is 23.2 Å². The van der Waals surface area contributed by atoms with Crippen molar-refractivity contribution < 1.29 is 18.4 Å². The van der Waals surface area contributed by atoms with Crippen LogP contribution in [0.25, 0.3) is 0 Å². The molecular formula is C41H55NO4Si2. The Morgan fingerprint density at radius 3 is 1.92 bits per heavy atom. The van der Waals surface area contributed by atoms with Crippen molar-refractivity contribution in [3.8, 4) is 0 Å². The predicted molar refractivity (Wildman–Crippen MR) is 200 cm³/mol. The summed E-state index contributed by atoms with van der Waals surface area (Å²) in [6, 6.07) is 31.7. The largest absolute Gasteiger partial charge is 0.417 e. The number of hydrogen-bond donors (Lipinski definition) is 0. The highest BCUT2D eigenvalue weighted by Gasteiger charge is 2.61. The molecule has 2 fully saturated rings. The molecule has 1 unspecified atom stereocenters. The maximum atomic E-state index is 14.7. The Morgan fingerprint density at radius 1 is 0.812 bits per heavy atom. The molecule has 0 saturated carbocycles. The molecule has 1 amide bonds. The van der Waals surface area contributed by atoms with Gasteiger partial charge in [-0.15, -0.1) is 0 Å². The zero-order valence-electron chi connectivity index (χ0n) is 30.3. The van der Waals surface area contributed by atoms with Gasteiger partial charge in [0.05, 0.1) is 18.1 Å². The Morgan fingerprint density at radius 2 is 1.38 bits per heavy atom. The predicted octanol–water partition coefficient (Wildman–Crippen LogP) is 8.38. The van der Waals surface area contributed by atoms with Gasteiger partial charge in [0, 0.05) is 13.0 Å². The van der Waals surface area contributed by atoms with Crippen LogP contribution in [0, 0.1) is 5.41 Å². The molecule has 3 aromatic rings. The van der Waals surface area contributed by atoms with Gasteiger partial charge < -0.3 is 18.5 Å². The van der Waals surface area contributed by atoms with Crippen LogP contribution in [0.4, 0.5) is 0 Å². The van der Waals surface area contributed by atoms with Crippen LogP contribution in [0.1, 0.15) is 78.9 Å². The number of benzene rings is 3. The molecule has 256 valence electrons. The fraction of sp³-hybridized carbons (Fsp3) is 0.488. The topological polar surface area (TPSA) is 48.0 Å². The first-order chi connectivity index (χ1) is 22.7. The van der Waals surface area contributed by atoms with Crippen molar-refractivity contribution in [1.82, 2.24) is 4.90 Å². The number of hydrogen-bond acceptors (Lipinski definition) is 4. The van der Waals surface area contributed by atoms with E-state index in [0.29, 0.717) is 13.0 Å². The first kappa shape index (κ1) is 35.0. The maximum absolute atomic E-state index is 14.7. The van der Waals surface area contributed by atoms with Gasteiger partial charge in [-0.2, -0.15) is 0 Å². The summed E-state index contributed by atoms with van der Waals surface area (Å²) in [5.41, 5.74) is 2.01. The smallest absolute Gasteiger partial charge is 0.261 e. The lowest BCUT2D eigenvalue weighted by atomic mass is 9.82. The van der Waals surface area contributed by atoms with Gasteiger partial charge in [0.1, 0.15) is 12.3 Å². The van der Waals surface area contributed by atoms with Crippen LogP contribution < -0.4 is 10.4 Å². The summed E-state index contributed by atoms with van der Waals surface area (Å²) >= 11 is 0. The molecule has 6 rings (SSSR count). The van der Waals surface area contributed by atoms with Crippen LogP contribution in [0.5, 0.6) is 0 Å². The summed E-state index contributed by atoms with van der Waals surface area (Å²) in [5.74, 6) is 0.221. The van der Waals surface area contributed by atoms with E-state index in [9.17, 15) is 4.79 Å². The average molecular weight is 682 g/mol. The quantitative estimate of drug-likeness (QED) is 0.159. The summed E-state index contributed by atoms with van der Waals surface area (Å²) in [7, 11) is -4.64. The van der Waals surface area contributed by atoms with Gasteiger partial charge in [-0.3, -0.25) is 4.79 Å². The van der Waals surface area contributed by atoms with E-state index in [0.717, 1.165) is 31.4 Å². The van der Waals surface area contributed by atoms with Crippen molar-refractivity contribution in [2.24, 2.45) is 5.41 Å². The number of rotatable bonds is 10. The summed E-state index contributed by atoms with van der Waals surface area (Å²) in [6.07, 6.45) is 4.98. The van der Waals surface area contributed by atoms with Gasteiger partial charge in [-0.1, -0.05) is 144 Å². The highest BCUT2D eigenvalue weighted by Crippen LogP contribution is 2.54. The zero-order valence-corrected chi connectivity index (χ0v) is 32.3. The Labute approximate surface area is 291 Å². The van der Waals surface area contributed by atoms with Gasteiger partial charge in [0.15, 0.2) is 8.32 Å². The van der Waals surface area contributed by atoms with Crippen molar-refractivity contribution in [3.63, 3.8) is 0 Å². The minimum atomic E-state index is -2.82. The van der Waals surface area contributed by atoms with Gasteiger partial charge in [0.2, 0.25) is 5.91 Å². The minimum absolute atomic E-state index is 0.163. The normalized spacial score (nSPS) is 24.8. The molecule has 48 heavy (non-hydrogen) atoms. The Hall–Kier alpha value is -2.82. The molecule has 7 heteroatoms. The van der Waals surface area contributed by atoms with Gasteiger partial charge >= 0.3 is 0 Å². The maximum Gasteiger partial charge on any atom is 0.261 e. The third-order valence-corrected chi connectivity index (χ3v) is 21.2. The molecule has 1 spiro atoms. The van der Waals surface area contributed by atoms with Crippen LogP contribution in [0.3, 0.4) is 0 Å². The monoisotopic (exact) mass is 681 g/mol. The molecule has 1 aliphatic carbocycles. The fourth-order valence-electron chi connectivity index (χ4n) is 7.97. The van der Waals surface area contributed by atoms with Gasteiger partial charge in [0.25, 0.3) is 8.32 Å². The minimum Gasteiger partial charge on any atom is -0.417 e. The molecule has 5 nitrogen and oxygen atoms in total. The molecule has 2 heterocycles. The zero-order chi connectivity index (χ0) is 34.4. The summed E-state index contributed by atoms with van der Waals surface area (Å²) in [6.45, 7) is 19.5. The van der Waals surface area contributed by atoms with E-state index >= 15 is 0 Å². The highest BCUT2D eigenvalue weighted by atomic mass is 28.4. The first-order valence-electron chi connectivity index (χ1n) is 17.8. The van der Waals surface area contributed by atoms with E-state index in [-0.39, 0.29) is 34.4 Å². The number of nitrogens with zero attached hydrogens (tertiary/aromatic N) is 1. The summed E-state index contributed by atoms with van der Waals surface area (Å²) < 4.78 is 20.9. The number of fused-ring (bicyclic) bond motifs is 1. The second-order valence-corrected chi connectivity index (χ2v) is 25.9. The number of allylic oxidation sites excluding steroid dienone is 1.